The fraction of sp³-hybridized carbons (Fsp3) is 0.400. The number of hydrogen-bond acceptors (Lipinski definition) is 5. The van der Waals surface area contributed by atoms with Gasteiger partial charge in [0.2, 0.25) is 0 Å². The zero-order valence-electron chi connectivity index (χ0n) is 11.5. The maximum absolute atomic E-state index is 10.8. The number of carbonyl (C=O) groups is 1. The Morgan fingerprint density at radius 2 is 2.05 bits per heavy atom. The molecule has 1 aliphatic rings. The molecule has 3 rings (SSSR count). The van der Waals surface area contributed by atoms with Crippen LogP contribution in [0, 0.1) is 13.8 Å². The Morgan fingerprint density at radius 1 is 1.35 bits per heavy atom. The number of benzene rings is 1. The summed E-state index contributed by atoms with van der Waals surface area (Å²) >= 11 is 0. The van der Waals surface area contributed by atoms with E-state index in [2.05, 4.69) is 10.1 Å². The Hall–Kier alpha value is -2.17. The van der Waals surface area contributed by atoms with Gasteiger partial charge in [-0.1, -0.05) is 5.16 Å². The first-order chi connectivity index (χ1) is 9.67. The van der Waals surface area contributed by atoms with Crippen LogP contribution in [0.4, 0.5) is 0 Å². The summed E-state index contributed by atoms with van der Waals surface area (Å²) in [7, 11) is 0. The lowest BCUT2D eigenvalue weighted by Gasteiger charge is -2.11. The molecule has 2 aromatic rings. The van der Waals surface area contributed by atoms with E-state index in [4.69, 9.17) is 9.26 Å². The minimum absolute atomic E-state index is 0.252. The second-order valence-electron chi connectivity index (χ2n) is 5.21. The van der Waals surface area contributed by atoms with Crippen LogP contribution < -0.4 is 4.74 Å². The van der Waals surface area contributed by atoms with Gasteiger partial charge in [0.05, 0.1) is 0 Å². The number of aldehydes is 1. The molecular formula is C15H16N2O3. The van der Waals surface area contributed by atoms with Gasteiger partial charge >= 0.3 is 0 Å². The van der Waals surface area contributed by atoms with E-state index in [-0.39, 0.29) is 6.61 Å². The highest BCUT2D eigenvalue weighted by molar-refractivity contribution is 5.76. The third-order valence-electron chi connectivity index (χ3n) is 3.39. The van der Waals surface area contributed by atoms with E-state index in [1.807, 2.05) is 13.8 Å². The van der Waals surface area contributed by atoms with Crippen molar-refractivity contribution >= 4 is 6.29 Å². The van der Waals surface area contributed by atoms with Crippen LogP contribution in [-0.2, 0) is 6.61 Å². The van der Waals surface area contributed by atoms with Gasteiger partial charge in [0.15, 0.2) is 12.4 Å². The second kappa shape index (κ2) is 5.07. The number of carbonyl (C=O) groups excluding carboxylic acids is 1. The number of hydrogen-bond donors (Lipinski definition) is 0. The molecule has 1 aromatic heterocycles. The predicted molar refractivity (Wildman–Crippen MR) is 71.9 cm³/mol. The summed E-state index contributed by atoms with van der Waals surface area (Å²) in [5.74, 6) is 2.52. The molecule has 5 heteroatoms. The van der Waals surface area contributed by atoms with Gasteiger partial charge in [0.1, 0.15) is 12.0 Å². The van der Waals surface area contributed by atoms with Crippen molar-refractivity contribution < 1.29 is 14.1 Å². The topological polar surface area (TPSA) is 65.2 Å². The SMILES string of the molecule is Cc1cc(C=O)cc(C)c1OCc1nc(C2CC2)no1. The average molecular weight is 272 g/mol. The van der Waals surface area contributed by atoms with Crippen LogP contribution in [0.1, 0.15) is 52.0 Å². The van der Waals surface area contributed by atoms with Gasteiger partial charge in [-0.25, -0.2) is 0 Å². The Bertz CT molecular complexity index is 621. The number of nitrogens with zero attached hydrogens (tertiary/aromatic N) is 2. The minimum atomic E-state index is 0.252. The summed E-state index contributed by atoms with van der Waals surface area (Å²) < 4.78 is 10.9. The third-order valence-corrected chi connectivity index (χ3v) is 3.39. The maximum Gasteiger partial charge on any atom is 0.264 e. The van der Waals surface area contributed by atoms with Crippen LogP contribution in [0.25, 0.3) is 0 Å². The van der Waals surface area contributed by atoms with E-state index < -0.39 is 0 Å². The van der Waals surface area contributed by atoms with Crippen LogP contribution in [0.15, 0.2) is 16.7 Å². The van der Waals surface area contributed by atoms with Crippen LogP contribution in [0.5, 0.6) is 5.75 Å². The fourth-order valence-electron chi connectivity index (χ4n) is 2.25. The molecule has 5 nitrogen and oxygen atoms in total. The Labute approximate surface area is 116 Å². The van der Waals surface area contributed by atoms with E-state index in [0.717, 1.165) is 41.8 Å². The number of ether oxygens (including phenoxy) is 1. The van der Waals surface area contributed by atoms with Crippen molar-refractivity contribution in [3.8, 4) is 5.75 Å². The zero-order chi connectivity index (χ0) is 14.1. The van der Waals surface area contributed by atoms with Crippen molar-refractivity contribution in [3.05, 3.63) is 40.5 Å². The van der Waals surface area contributed by atoms with Crippen LogP contribution in [0.2, 0.25) is 0 Å². The minimum Gasteiger partial charge on any atom is -0.483 e. The zero-order valence-corrected chi connectivity index (χ0v) is 11.5. The molecule has 0 atom stereocenters. The fourth-order valence-corrected chi connectivity index (χ4v) is 2.25. The lowest BCUT2D eigenvalue weighted by Crippen LogP contribution is -2.00. The van der Waals surface area contributed by atoms with Crippen molar-refractivity contribution in [3.63, 3.8) is 0 Å². The van der Waals surface area contributed by atoms with Crippen molar-refractivity contribution in [2.45, 2.75) is 39.2 Å². The number of aromatic nitrogens is 2. The molecule has 1 aromatic carbocycles. The van der Waals surface area contributed by atoms with Gasteiger partial charge in [-0.05, 0) is 49.9 Å². The van der Waals surface area contributed by atoms with Crippen molar-refractivity contribution in [2.24, 2.45) is 0 Å². The van der Waals surface area contributed by atoms with Gasteiger partial charge in [0.25, 0.3) is 5.89 Å². The molecule has 0 spiro atoms. The summed E-state index contributed by atoms with van der Waals surface area (Å²) in [6, 6.07) is 3.61. The molecule has 20 heavy (non-hydrogen) atoms. The van der Waals surface area contributed by atoms with Gasteiger partial charge in [0, 0.05) is 11.5 Å². The van der Waals surface area contributed by atoms with E-state index in [1.54, 1.807) is 12.1 Å². The normalized spacial score (nSPS) is 14.3. The molecule has 1 aliphatic carbocycles. The second-order valence-corrected chi connectivity index (χ2v) is 5.21. The van der Waals surface area contributed by atoms with Crippen LogP contribution in [0.3, 0.4) is 0 Å². The van der Waals surface area contributed by atoms with E-state index in [1.165, 1.54) is 0 Å². The van der Waals surface area contributed by atoms with Crippen LogP contribution >= 0.6 is 0 Å². The molecule has 0 amide bonds. The smallest absolute Gasteiger partial charge is 0.264 e. The van der Waals surface area contributed by atoms with E-state index in [0.29, 0.717) is 17.4 Å². The summed E-state index contributed by atoms with van der Waals surface area (Å²) in [6.45, 7) is 4.08. The summed E-state index contributed by atoms with van der Waals surface area (Å²) in [6.07, 6.45) is 3.13. The molecule has 104 valence electrons. The first-order valence-electron chi connectivity index (χ1n) is 6.69. The highest BCUT2D eigenvalue weighted by Crippen LogP contribution is 2.38. The lowest BCUT2D eigenvalue weighted by molar-refractivity contribution is 0.112. The van der Waals surface area contributed by atoms with Crippen molar-refractivity contribution in [2.75, 3.05) is 0 Å². The maximum atomic E-state index is 10.8. The largest absolute Gasteiger partial charge is 0.483 e. The molecular weight excluding hydrogens is 256 g/mol. The highest BCUT2D eigenvalue weighted by atomic mass is 16.5. The van der Waals surface area contributed by atoms with Crippen LogP contribution in [-0.4, -0.2) is 16.4 Å². The molecule has 0 aliphatic heterocycles. The molecule has 0 unspecified atom stereocenters. The van der Waals surface area contributed by atoms with Gasteiger partial charge in [-0.2, -0.15) is 4.98 Å². The molecule has 1 fully saturated rings. The third kappa shape index (κ3) is 2.57. The Morgan fingerprint density at radius 3 is 2.65 bits per heavy atom. The molecule has 0 saturated heterocycles. The van der Waals surface area contributed by atoms with Crippen molar-refractivity contribution in [1.29, 1.82) is 0 Å². The summed E-state index contributed by atoms with van der Waals surface area (Å²) in [5.41, 5.74) is 2.50. The molecule has 0 bridgehead atoms. The average Bonchev–Trinajstić information content (AvgIpc) is 3.17. The van der Waals surface area contributed by atoms with Gasteiger partial charge in [-0.15, -0.1) is 0 Å². The molecule has 0 radical (unpaired) electrons. The first kappa shape index (κ1) is 12.8. The predicted octanol–water partition coefficient (Wildman–Crippen LogP) is 2.96. The summed E-state index contributed by atoms with van der Waals surface area (Å²) in [4.78, 5) is 15.1. The lowest BCUT2D eigenvalue weighted by atomic mass is 10.1. The van der Waals surface area contributed by atoms with E-state index >= 15 is 0 Å². The first-order valence-corrected chi connectivity index (χ1v) is 6.69. The summed E-state index contributed by atoms with van der Waals surface area (Å²) in [5, 5.41) is 3.95. The number of aryl methyl sites for hydroxylation is 2. The Balaban J connectivity index is 1.72. The Kier molecular flexibility index (Phi) is 3.26. The molecule has 0 N–H and O–H groups in total. The number of rotatable bonds is 5. The van der Waals surface area contributed by atoms with Gasteiger partial charge < -0.3 is 9.26 Å². The van der Waals surface area contributed by atoms with Gasteiger partial charge in [-0.3, -0.25) is 4.79 Å². The van der Waals surface area contributed by atoms with E-state index in [9.17, 15) is 4.79 Å². The monoisotopic (exact) mass is 272 g/mol. The molecule has 1 saturated carbocycles. The quantitative estimate of drug-likeness (QED) is 0.783. The molecule has 1 heterocycles. The van der Waals surface area contributed by atoms with Crippen molar-refractivity contribution in [1.82, 2.24) is 10.1 Å². The highest BCUT2D eigenvalue weighted by Gasteiger charge is 2.28. The standard InChI is InChI=1S/C15H16N2O3/c1-9-5-11(7-18)6-10(2)14(9)19-8-13-16-15(17-20-13)12-3-4-12/h5-7,12H,3-4,8H2,1-2H3.